The predicted molar refractivity (Wildman–Crippen MR) is 74.4 cm³/mol. The van der Waals surface area contributed by atoms with Gasteiger partial charge in [-0.2, -0.15) is 0 Å². The molecule has 0 aromatic rings. The fourth-order valence-electron chi connectivity index (χ4n) is 2.63. The first-order chi connectivity index (χ1) is 8.95. The molecule has 1 N–H and O–H groups in total. The zero-order valence-electron chi connectivity index (χ0n) is 11.6. The van der Waals surface area contributed by atoms with Gasteiger partial charge in [-0.15, -0.1) is 0 Å². The fourth-order valence-corrected chi connectivity index (χ4v) is 3.57. The van der Waals surface area contributed by atoms with Crippen LogP contribution in [-0.4, -0.2) is 50.9 Å². The number of Topliss-reactive ketones (excluding diaryl/α,β-unsaturated/α-hetero) is 1. The predicted octanol–water partition coefficient (Wildman–Crippen LogP) is 0.617. The molecule has 0 radical (unpaired) electrons. The molecule has 2 rings (SSSR count). The number of hydrogen-bond donors (Lipinski definition) is 1. The van der Waals surface area contributed by atoms with E-state index in [1.54, 1.807) is 0 Å². The van der Waals surface area contributed by atoms with Crippen molar-refractivity contribution in [1.29, 1.82) is 0 Å². The van der Waals surface area contributed by atoms with E-state index in [0.29, 0.717) is 26.1 Å². The van der Waals surface area contributed by atoms with Gasteiger partial charge in [0, 0.05) is 19.5 Å². The molecular weight excluding hydrogens is 264 g/mol. The Labute approximate surface area is 115 Å². The van der Waals surface area contributed by atoms with Gasteiger partial charge in [0.2, 0.25) is 10.0 Å². The van der Waals surface area contributed by atoms with Gasteiger partial charge < -0.3 is 5.32 Å². The van der Waals surface area contributed by atoms with Gasteiger partial charge in [0.15, 0.2) is 0 Å². The van der Waals surface area contributed by atoms with Crippen LogP contribution in [0.1, 0.15) is 32.1 Å². The van der Waals surface area contributed by atoms with E-state index < -0.39 is 10.0 Å². The molecule has 2 aliphatic rings. The van der Waals surface area contributed by atoms with Crippen molar-refractivity contribution in [3.63, 3.8) is 0 Å². The van der Waals surface area contributed by atoms with Crippen LogP contribution in [-0.2, 0) is 14.8 Å². The number of piperidine rings is 1. The van der Waals surface area contributed by atoms with Gasteiger partial charge in [0.05, 0.1) is 12.8 Å². The van der Waals surface area contributed by atoms with Gasteiger partial charge in [-0.3, -0.25) is 4.79 Å². The van der Waals surface area contributed by atoms with Crippen LogP contribution in [0.25, 0.3) is 0 Å². The summed E-state index contributed by atoms with van der Waals surface area (Å²) in [6.45, 7) is 2.49. The number of carbonyl (C=O) groups excluding carboxylic acids is 1. The van der Waals surface area contributed by atoms with Crippen LogP contribution in [0.4, 0.5) is 0 Å². The molecule has 2 fully saturated rings. The molecule has 1 aliphatic heterocycles. The number of nitrogens with one attached hydrogen (secondary N) is 1. The average molecular weight is 288 g/mol. The minimum absolute atomic E-state index is 0.193. The van der Waals surface area contributed by atoms with E-state index in [1.807, 2.05) is 0 Å². The summed E-state index contributed by atoms with van der Waals surface area (Å²) in [6, 6.07) is 0. The third kappa shape index (κ3) is 5.20. The molecule has 1 aliphatic carbocycles. The maximum Gasteiger partial charge on any atom is 0.211 e. The Balaban J connectivity index is 1.70. The Bertz CT molecular complexity index is 418. The number of ketones is 1. The molecule has 0 aromatic carbocycles. The third-order valence-electron chi connectivity index (χ3n) is 3.92. The van der Waals surface area contributed by atoms with Crippen molar-refractivity contribution < 1.29 is 13.2 Å². The van der Waals surface area contributed by atoms with Gasteiger partial charge in [-0.25, -0.2) is 12.7 Å². The zero-order chi connectivity index (χ0) is 13.9. The van der Waals surface area contributed by atoms with E-state index >= 15 is 0 Å². The van der Waals surface area contributed by atoms with E-state index in [-0.39, 0.29) is 11.7 Å². The second kappa shape index (κ2) is 6.33. The van der Waals surface area contributed by atoms with E-state index in [2.05, 4.69) is 5.32 Å². The zero-order valence-corrected chi connectivity index (χ0v) is 12.4. The number of carbonyl (C=O) groups is 1. The van der Waals surface area contributed by atoms with Crippen LogP contribution in [0.2, 0.25) is 0 Å². The first kappa shape index (κ1) is 14.9. The quantitative estimate of drug-likeness (QED) is 0.745. The lowest BCUT2D eigenvalue weighted by molar-refractivity contribution is -0.119. The number of rotatable bonds is 7. The Morgan fingerprint density at radius 2 is 2.00 bits per heavy atom. The second-order valence-electron chi connectivity index (χ2n) is 5.95. The summed E-state index contributed by atoms with van der Waals surface area (Å²) in [5.41, 5.74) is 0. The van der Waals surface area contributed by atoms with E-state index in [0.717, 1.165) is 25.3 Å². The SMILES string of the molecule is CS(=O)(=O)N1CCCC(CC(=O)CNCC2CC2)C1. The molecule has 5 nitrogen and oxygen atoms in total. The molecule has 1 heterocycles. The first-order valence-corrected chi connectivity index (χ1v) is 8.97. The average Bonchev–Trinajstić information content (AvgIpc) is 3.12. The Kier molecular flexibility index (Phi) is 4.97. The van der Waals surface area contributed by atoms with Gasteiger partial charge in [0.25, 0.3) is 0 Å². The Hall–Kier alpha value is -0.460. The molecule has 1 saturated heterocycles. The smallest absolute Gasteiger partial charge is 0.211 e. The molecule has 0 amide bonds. The van der Waals surface area contributed by atoms with Crippen LogP contribution in [0.15, 0.2) is 0 Å². The normalized spacial score (nSPS) is 25.4. The minimum Gasteiger partial charge on any atom is -0.310 e. The van der Waals surface area contributed by atoms with E-state index in [9.17, 15) is 13.2 Å². The Morgan fingerprint density at radius 3 is 2.63 bits per heavy atom. The van der Waals surface area contributed by atoms with Crippen molar-refractivity contribution >= 4 is 15.8 Å². The summed E-state index contributed by atoms with van der Waals surface area (Å²) in [7, 11) is -3.11. The minimum atomic E-state index is -3.11. The van der Waals surface area contributed by atoms with Crippen LogP contribution in [0.3, 0.4) is 0 Å². The van der Waals surface area contributed by atoms with E-state index in [4.69, 9.17) is 0 Å². The maximum atomic E-state index is 11.8. The van der Waals surface area contributed by atoms with Gasteiger partial charge in [0.1, 0.15) is 5.78 Å². The maximum absolute atomic E-state index is 11.8. The highest BCUT2D eigenvalue weighted by Crippen LogP contribution is 2.27. The Morgan fingerprint density at radius 1 is 1.26 bits per heavy atom. The summed E-state index contributed by atoms with van der Waals surface area (Å²) in [6.07, 6.45) is 6.14. The third-order valence-corrected chi connectivity index (χ3v) is 5.19. The van der Waals surface area contributed by atoms with Crippen molar-refractivity contribution in [1.82, 2.24) is 9.62 Å². The number of nitrogens with zero attached hydrogens (tertiary/aromatic N) is 1. The lowest BCUT2D eigenvalue weighted by Gasteiger charge is -2.30. The number of sulfonamides is 1. The highest BCUT2D eigenvalue weighted by Gasteiger charge is 2.27. The molecule has 0 aromatic heterocycles. The lowest BCUT2D eigenvalue weighted by atomic mass is 9.94. The molecule has 1 atom stereocenters. The summed E-state index contributed by atoms with van der Waals surface area (Å²) < 4.78 is 24.5. The van der Waals surface area contributed by atoms with Crippen LogP contribution in [0, 0.1) is 11.8 Å². The highest BCUT2D eigenvalue weighted by atomic mass is 32.2. The van der Waals surface area contributed by atoms with Crippen LogP contribution < -0.4 is 5.32 Å². The second-order valence-corrected chi connectivity index (χ2v) is 7.93. The van der Waals surface area contributed by atoms with Crippen molar-refractivity contribution in [2.24, 2.45) is 11.8 Å². The topological polar surface area (TPSA) is 66.5 Å². The molecule has 1 unspecified atom stereocenters. The van der Waals surface area contributed by atoms with Crippen molar-refractivity contribution in [2.75, 3.05) is 32.4 Å². The van der Waals surface area contributed by atoms with Crippen LogP contribution >= 0.6 is 0 Å². The standard InChI is InChI=1S/C13H24N2O3S/c1-19(17,18)15-6-2-3-12(10-15)7-13(16)9-14-8-11-4-5-11/h11-12,14H,2-10H2,1H3. The molecule has 1 saturated carbocycles. The number of hydrogen-bond acceptors (Lipinski definition) is 4. The fraction of sp³-hybridized carbons (Fsp3) is 0.923. The molecule has 110 valence electrons. The highest BCUT2D eigenvalue weighted by molar-refractivity contribution is 7.88. The van der Waals surface area contributed by atoms with Gasteiger partial charge in [-0.1, -0.05) is 0 Å². The summed E-state index contributed by atoms with van der Waals surface area (Å²) >= 11 is 0. The summed E-state index contributed by atoms with van der Waals surface area (Å²) in [5.74, 6) is 1.18. The van der Waals surface area contributed by atoms with Crippen molar-refractivity contribution in [2.45, 2.75) is 32.1 Å². The molecule has 6 heteroatoms. The van der Waals surface area contributed by atoms with E-state index in [1.165, 1.54) is 23.4 Å². The van der Waals surface area contributed by atoms with Gasteiger partial charge >= 0.3 is 0 Å². The first-order valence-electron chi connectivity index (χ1n) is 7.12. The lowest BCUT2D eigenvalue weighted by Crippen LogP contribution is -2.40. The summed E-state index contributed by atoms with van der Waals surface area (Å²) in [5, 5.41) is 3.20. The molecule has 0 bridgehead atoms. The van der Waals surface area contributed by atoms with Crippen molar-refractivity contribution in [3.8, 4) is 0 Å². The van der Waals surface area contributed by atoms with Gasteiger partial charge in [-0.05, 0) is 44.1 Å². The largest absolute Gasteiger partial charge is 0.310 e. The summed E-state index contributed by atoms with van der Waals surface area (Å²) in [4.78, 5) is 11.8. The van der Waals surface area contributed by atoms with Crippen molar-refractivity contribution in [3.05, 3.63) is 0 Å². The van der Waals surface area contributed by atoms with Crippen LogP contribution in [0.5, 0.6) is 0 Å². The molecular formula is C13H24N2O3S. The molecule has 0 spiro atoms. The molecule has 19 heavy (non-hydrogen) atoms. The monoisotopic (exact) mass is 288 g/mol.